The predicted molar refractivity (Wildman–Crippen MR) is 101 cm³/mol. The van der Waals surface area contributed by atoms with E-state index >= 15 is 0 Å². The van der Waals surface area contributed by atoms with Crippen LogP contribution in [-0.4, -0.2) is 64.9 Å². The van der Waals surface area contributed by atoms with Crippen LogP contribution in [0.2, 0.25) is 0 Å². The molecule has 1 N–H and O–H groups in total. The van der Waals surface area contributed by atoms with Crippen molar-refractivity contribution in [1.82, 2.24) is 19.9 Å². The number of nitrogens with zero attached hydrogens (tertiary/aromatic N) is 7. The maximum absolute atomic E-state index is 9.85. The summed E-state index contributed by atoms with van der Waals surface area (Å²) in [6.45, 7) is 3.25. The number of hydrogen-bond donors (Lipinski definition) is 1. The molecule has 1 saturated heterocycles. The molecule has 0 aliphatic carbocycles. The predicted octanol–water partition coefficient (Wildman–Crippen LogP) is 0.856. The van der Waals surface area contributed by atoms with Gasteiger partial charge in [-0.25, -0.2) is 9.97 Å². The van der Waals surface area contributed by atoms with E-state index in [0.717, 1.165) is 68.7 Å². The van der Waals surface area contributed by atoms with Crippen molar-refractivity contribution in [3.05, 3.63) is 29.8 Å². The first kappa shape index (κ1) is 17.0. The summed E-state index contributed by atoms with van der Waals surface area (Å²) in [6.07, 6.45) is 7.44. The summed E-state index contributed by atoms with van der Waals surface area (Å²) in [4.78, 5) is 24.8. The first-order chi connectivity index (χ1) is 12.6. The quantitative estimate of drug-likeness (QED) is 0.868. The molecule has 2 aromatic rings. The molecule has 0 atom stereocenters. The third-order valence-corrected chi connectivity index (χ3v) is 5.06. The van der Waals surface area contributed by atoms with E-state index in [1.165, 1.54) is 5.56 Å². The fraction of sp³-hybridized carbons (Fsp3) is 0.556. The molecule has 1 fully saturated rings. The second kappa shape index (κ2) is 7.03. The molecule has 0 radical (unpaired) electrons. The van der Waals surface area contributed by atoms with Gasteiger partial charge in [-0.05, 0) is 12.8 Å². The number of aromatic nitrogens is 4. The molecule has 2 aromatic heterocycles. The lowest BCUT2D eigenvalue weighted by molar-refractivity contribution is 0.145. The molecule has 8 heteroatoms. The molecule has 0 saturated carbocycles. The standard InChI is InChI=1S/C18H25N7O/c1-23(2)18-21-15-5-10-25(16-11-19-6-7-20-16)12-14(15)17(22-18)24-8-3-13(26)4-9-24/h6-7,11,13,26H,3-5,8-10,12H2,1-2H3. The normalized spacial score (nSPS) is 18.0. The van der Waals surface area contributed by atoms with E-state index in [9.17, 15) is 5.11 Å². The van der Waals surface area contributed by atoms with E-state index in [1.807, 2.05) is 19.0 Å². The summed E-state index contributed by atoms with van der Waals surface area (Å²) in [6, 6.07) is 0. The smallest absolute Gasteiger partial charge is 0.227 e. The number of rotatable bonds is 3. The van der Waals surface area contributed by atoms with Gasteiger partial charge >= 0.3 is 0 Å². The van der Waals surface area contributed by atoms with Crippen molar-refractivity contribution in [2.45, 2.75) is 31.9 Å². The zero-order chi connectivity index (χ0) is 18.1. The van der Waals surface area contributed by atoms with Crippen molar-refractivity contribution >= 4 is 17.6 Å². The highest BCUT2D eigenvalue weighted by Crippen LogP contribution is 2.31. The topological polar surface area (TPSA) is 81.5 Å². The van der Waals surface area contributed by atoms with Crippen LogP contribution in [0.25, 0.3) is 0 Å². The molecule has 8 nitrogen and oxygen atoms in total. The van der Waals surface area contributed by atoms with Gasteiger partial charge in [0, 0.05) is 64.7 Å². The number of aliphatic hydroxyl groups excluding tert-OH is 1. The molecule has 2 aliphatic heterocycles. The van der Waals surface area contributed by atoms with E-state index in [1.54, 1.807) is 18.6 Å². The zero-order valence-electron chi connectivity index (χ0n) is 15.3. The molecular weight excluding hydrogens is 330 g/mol. The van der Waals surface area contributed by atoms with Gasteiger partial charge in [-0.1, -0.05) is 0 Å². The van der Waals surface area contributed by atoms with Crippen LogP contribution in [0.1, 0.15) is 24.1 Å². The molecular formula is C18H25N7O. The van der Waals surface area contributed by atoms with E-state index < -0.39 is 0 Å². The van der Waals surface area contributed by atoms with Crippen LogP contribution >= 0.6 is 0 Å². The summed E-state index contributed by atoms with van der Waals surface area (Å²) in [5, 5.41) is 9.85. The first-order valence-corrected chi connectivity index (χ1v) is 9.13. The van der Waals surface area contributed by atoms with Crippen molar-refractivity contribution in [2.75, 3.05) is 48.4 Å². The van der Waals surface area contributed by atoms with Gasteiger partial charge in [-0.15, -0.1) is 0 Å². The van der Waals surface area contributed by atoms with Crippen molar-refractivity contribution in [1.29, 1.82) is 0 Å². The van der Waals surface area contributed by atoms with Crippen LogP contribution < -0.4 is 14.7 Å². The van der Waals surface area contributed by atoms with Gasteiger partial charge in [-0.3, -0.25) is 4.98 Å². The molecule has 26 heavy (non-hydrogen) atoms. The lowest BCUT2D eigenvalue weighted by Gasteiger charge is -2.36. The Morgan fingerprint density at radius 3 is 2.58 bits per heavy atom. The Hall–Kier alpha value is -2.48. The third kappa shape index (κ3) is 3.29. The zero-order valence-corrected chi connectivity index (χ0v) is 15.3. The molecule has 0 aromatic carbocycles. The van der Waals surface area contributed by atoms with Crippen LogP contribution in [0.3, 0.4) is 0 Å². The molecule has 138 valence electrons. The van der Waals surface area contributed by atoms with E-state index in [-0.39, 0.29) is 6.10 Å². The second-order valence-electron chi connectivity index (χ2n) is 7.12. The SMILES string of the molecule is CN(C)c1nc2c(c(N3CCC(O)CC3)n1)CN(c1cnccn1)CC2. The number of fused-ring (bicyclic) bond motifs is 1. The summed E-state index contributed by atoms with van der Waals surface area (Å²) in [7, 11) is 3.94. The highest BCUT2D eigenvalue weighted by Gasteiger charge is 2.28. The number of piperidine rings is 1. The number of aliphatic hydroxyl groups is 1. The van der Waals surface area contributed by atoms with Crippen LogP contribution in [-0.2, 0) is 13.0 Å². The van der Waals surface area contributed by atoms with Crippen LogP contribution in [0.5, 0.6) is 0 Å². The van der Waals surface area contributed by atoms with Gasteiger partial charge in [0.2, 0.25) is 5.95 Å². The van der Waals surface area contributed by atoms with Gasteiger partial charge < -0.3 is 19.8 Å². The fourth-order valence-electron chi connectivity index (χ4n) is 3.57. The van der Waals surface area contributed by atoms with Crippen molar-refractivity contribution in [3.8, 4) is 0 Å². The second-order valence-corrected chi connectivity index (χ2v) is 7.12. The molecule has 0 bridgehead atoms. The molecule has 4 heterocycles. The minimum Gasteiger partial charge on any atom is -0.393 e. The van der Waals surface area contributed by atoms with Gasteiger partial charge in [0.1, 0.15) is 11.6 Å². The monoisotopic (exact) mass is 355 g/mol. The average Bonchev–Trinajstić information content (AvgIpc) is 2.68. The first-order valence-electron chi connectivity index (χ1n) is 9.13. The van der Waals surface area contributed by atoms with Crippen molar-refractivity contribution in [3.63, 3.8) is 0 Å². The summed E-state index contributed by atoms with van der Waals surface area (Å²) < 4.78 is 0. The van der Waals surface area contributed by atoms with Gasteiger partial charge in [0.25, 0.3) is 0 Å². The highest BCUT2D eigenvalue weighted by atomic mass is 16.3. The minimum atomic E-state index is -0.201. The van der Waals surface area contributed by atoms with Crippen LogP contribution in [0, 0.1) is 0 Å². The molecule has 2 aliphatic rings. The van der Waals surface area contributed by atoms with Gasteiger partial charge in [0.05, 0.1) is 18.0 Å². The fourth-order valence-corrected chi connectivity index (χ4v) is 3.57. The summed E-state index contributed by atoms with van der Waals surface area (Å²) >= 11 is 0. The third-order valence-electron chi connectivity index (χ3n) is 5.06. The van der Waals surface area contributed by atoms with E-state index in [2.05, 4.69) is 19.8 Å². The lowest BCUT2D eigenvalue weighted by Crippen LogP contribution is -2.39. The van der Waals surface area contributed by atoms with Crippen molar-refractivity contribution < 1.29 is 5.11 Å². The molecule has 0 spiro atoms. The molecule has 0 amide bonds. The molecule has 0 unspecified atom stereocenters. The summed E-state index contributed by atoms with van der Waals surface area (Å²) in [5.41, 5.74) is 2.29. The Bertz CT molecular complexity index is 760. The Balaban J connectivity index is 1.70. The minimum absolute atomic E-state index is 0.201. The van der Waals surface area contributed by atoms with Crippen LogP contribution in [0.4, 0.5) is 17.6 Å². The average molecular weight is 355 g/mol. The Morgan fingerprint density at radius 2 is 1.88 bits per heavy atom. The maximum Gasteiger partial charge on any atom is 0.227 e. The number of hydrogen-bond acceptors (Lipinski definition) is 8. The van der Waals surface area contributed by atoms with Crippen LogP contribution in [0.15, 0.2) is 18.6 Å². The largest absolute Gasteiger partial charge is 0.393 e. The Labute approximate surface area is 153 Å². The Kier molecular flexibility index (Phi) is 4.58. The van der Waals surface area contributed by atoms with Crippen molar-refractivity contribution in [2.24, 2.45) is 0 Å². The van der Waals surface area contributed by atoms with Gasteiger partial charge in [0.15, 0.2) is 0 Å². The van der Waals surface area contributed by atoms with E-state index in [0.29, 0.717) is 0 Å². The lowest BCUT2D eigenvalue weighted by atomic mass is 10.0. The Morgan fingerprint density at radius 1 is 1.08 bits per heavy atom. The number of anilines is 3. The summed E-state index contributed by atoms with van der Waals surface area (Å²) in [5.74, 6) is 2.63. The maximum atomic E-state index is 9.85. The highest BCUT2D eigenvalue weighted by molar-refractivity contribution is 5.57. The van der Waals surface area contributed by atoms with E-state index in [4.69, 9.17) is 9.97 Å². The molecule has 4 rings (SSSR count). The van der Waals surface area contributed by atoms with Gasteiger partial charge in [-0.2, -0.15) is 4.98 Å².